The Morgan fingerprint density at radius 2 is 2.25 bits per heavy atom. The summed E-state index contributed by atoms with van der Waals surface area (Å²) in [6.07, 6.45) is 0.808. The molecule has 0 heterocycles. The molecule has 0 saturated carbocycles. The van der Waals surface area contributed by atoms with Gasteiger partial charge < -0.3 is 10.6 Å². The fourth-order valence-corrected chi connectivity index (χ4v) is 1.58. The summed E-state index contributed by atoms with van der Waals surface area (Å²) in [7, 11) is 0. The molecule has 1 amide bonds. The van der Waals surface area contributed by atoms with Gasteiger partial charge in [0.25, 0.3) is 5.69 Å². The zero-order chi connectivity index (χ0) is 15.1. The molecule has 0 spiro atoms. The highest BCUT2D eigenvalue weighted by atomic mass is 16.6. The molecule has 20 heavy (non-hydrogen) atoms. The Hall–Kier alpha value is -2.62. The SMILES string of the molecule is CCCNC(=O)C(C)Nc1cc(C#N)ccc1[N+](=O)[O-]. The monoisotopic (exact) mass is 276 g/mol. The Labute approximate surface area is 116 Å². The van der Waals surface area contributed by atoms with Gasteiger partial charge in [-0.25, -0.2) is 0 Å². The normalized spacial score (nSPS) is 11.2. The van der Waals surface area contributed by atoms with Gasteiger partial charge in [0.15, 0.2) is 0 Å². The van der Waals surface area contributed by atoms with Crippen molar-refractivity contribution in [3.05, 3.63) is 33.9 Å². The van der Waals surface area contributed by atoms with Crippen molar-refractivity contribution in [2.75, 3.05) is 11.9 Å². The number of nitrogens with one attached hydrogen (secondary N) is 2. The number of nitro benzene ring substituents is 1. The smallest absolute Gasteiger partial charge is 0.292 e. The molecule has 2 N–H and O–H groups in total. The largest absolute Gasteiger partial charge is 0.368 e. The summed E-state index contributed by atoms with van der Waals surface area (Å²) in [5.74, 6) is -0.247. The van der Waals surface area contributed by atoms with E-state index < -0.39 is 11.0 Å². The third-order valence-electron chi connectivity index (χ3n) is 2.64. The van der Waals surface area contributed by atoms with Crippen molar-refractivity contribution in [1.29, 1.82) is 5.26 Å². The lowest BCUT2D eigenvalue weighted by Gasteiger charge is -2.15. The Morgan fingerprint density at radius 1 is 1.55 bits per heavy atom. The van der Waals surface area contributed by atoms with E-state index in [0.717, 1.165) is 6.42 Å². The van der Waals surface area contributed by atoms with E-state index in [-0.39, 0.29) is 17.3 Å². The fourth-order valence-electron chi connectivity index (χ4n) is 1.58. The van der Waals surface area contributed by atoms with Crippen molar-refractivity contribution in [2.24, 2.45) is 0 Å². The number of rotatable bonds is 6. The molecule has 1 rings (SSSR count). The van der Waals surface area contributed by atoms with Gasteiger partial charge in [-0.15, -0.1) is 0 Å². The standard InChI is InChI=1S/C13H16N4O3/c1-3-6-15-13(18)9(2)16-11-7-10(8-14)4-5-12(11)17(19)20/h4-5,7,9,16H,3,6H2,1-2H3,(H,15,18). The van der Waals surface area contributed by atoms with Crippen LogP contribution in [0.1, 0.15) is 25.8 Å². The summed E-state index contributed by atoms with van der Waals surface area (Å²) in [4.78, 5) is 22.1. The number of anilines is 1. The summed E-state index contributed by atoms with van der Waals surface area (Å²) in [6.45, 7) is 4.08. The van der Waals surface area contributed by atoms with E-state index >= 15 is 0 Å². The molecule has 106 valence electrons. The molecule has 0 aliphatic rings. The molecule has 0 bridgehead atoms. The first-order valence-electron chi connectivity index (χ1n) is 6.22. The van der Waals surface area contributed by atoms with E-state index in [4.69, 9.17) is 5.26 Å². The van der Waals surface area contributed by atoms with Gasteiger partial charge in [-0.1, -0.05) is 6.92 Å². The van der Waals surface area contributed by atoms with Crippen LogP contribution in [0, 0.1) is 21.4 Å². The van der Waals surface area contributed by atoms with Crippen LogP contribution in [0.25, 0.3) is 0 Å². The number of nitrogens with zero attached hydrogens (tertiary/aromatic N) is 2. The highest BCUT2D eigenvalue weighted by Gasteiger charge is 2.19. The van der Waals surface area contributed by atoms with Gasteiger partial charge in [0, 0.05) is 12.6 Å². The molecule has 0 radical (unpaired) electrons. The average Bonchev–Trinajstić information content (AvgIpc) is 2.44. The second-order valence-electron chi connectivity index (χ2n) is 4.26. The minimum atomic E-state index is -0.630. The number of nitriles is 1. The first-order chi connectivity index (χ1) is 9.49. The number of amides is 1. The zero-order valence-corrected chi connectivity index (χ0v) is 11.3. The van der Waals surface area contributed by atoms with E-state index in [9.17, 15) is 14.9 Å². The summed E-state index contributed by atoms with van der Waals surface area (Å²) in [5, 5.41) is 25.2. The lowest BCUT2D eigenvalue weighted by atomic mass is 10.1. The van der Waals surface area contributed by atoms with Crippen LogP contribution in [-0.4, -0.2) is 23.4 Å². The third-order valence-corrected chi connectivity index (χ3v) is 2.64. The number of nitro groups is 1. The molecule has 1 unspecified atom stereocenters. The first kappa shape index (κ1) is 15.4. The highest BCUT2D eigenvalue weighted by Crippen LogP contribution is 2.25. The van der Waals surface area contributed by atoms with Crippen LogP contribution in [0.4, 0.5) is 11.4 Å². The molecule has 7 nitrogen and oxygen atoms in total. The van der Waals surface area contributed by atoms with Crippen LogP contribution in [0.5, 0.6) is 0 Å². The number of hydrogen-bond acceptors (Lipinski definition) is 5. The summed E-state index contributed by atoms with van der Waals surface area (Å²) < 4.78 is 0. The predicted molar refractivity (Wildman–Crippen MR) is 74.2 cm³/mol. The van der Waals surface area contributed by atoms with E-state index in [1.54, 1.807) is 6.92 Å². The maximum atomic E-state index is 11.7. The molecule has 0 aliphatic heterocycles. The lowest BCUT2D eigenvalue weighted by molar-refractivity contribution is -0.384. The Balaban J connectivity index is 2.92. The summed E-state index contributed by atoms with van der Waals surface area (Å²) in [5.41, 5.74) is 0.284. The van der Waals surface area contributed by atoms with Crippen molar-refractivity contribution >= 4 is 17.3 Å². The van der Waals surface area contributed by atoms with Crippen molar-refractivity contribution < 1.29 is 9.72 Å². The van der Waals surface area contributed by atoms with E-state index in [0.29, 0.717) is 12.1 Å². The van der Waals surface area contributed by atoms with E-state index in [1.165, 1.54) is 18.2 Å². The fraction of sp³-hybridized carbons (Fsp3) is 0.385. The average molecular weight is 276 g/mol. The molecule has 1 aromatic carbocycles. The molecule has 0 saturated heterocycles. The Morgan fingerprint density at radius 3 is 2.80 bits per heavy atom. The van der Waals surface area contributed by atoms with Gasteiger partial charge in [-0.05, 0) is 25.5 Å². The molecule has 1 atom stereocenters. The molecule has 0 aliphatic carbocycles. The lowest BCUT2D eigenvalue weighted by Crippen LogP contribution is -2.38. The molecule has 1 aromatic rings. The number of carbonyl (C=O) groups excluding carboxylic acids is 1. The predicted octanol–water partition coefficient (Wildman–Crippen LogP) is 1.79. The number of hydrogen-bond donors (Lipinski definition) is 2. The van der Waals surface area contributed by atoms with Crippen LogP contribution >= 0.6 is 0 Å². The topological polar surface area (TPSA) is 108 Å². The number of benzene rings is 1. The quantitative estimate of drug-likeness (QED) is 0.608. The number of carbonyl (C=O) groups is 1. The van der Waals surface area contributed by atoms with Crippen LogP contribution < -0.4 is 10.6 Å². The molecular weight excluding hydrogens is 260 g/mol. The second-order valence-corrected chi connectivity index (χ2v) is 4.26. The van der Waals surface area contributed by atoms with Crippen LogP contribution in [0.2, 0.25) is 0 Å². The van der Waals surface area contributed by atoms with Crippen molar-refractivity contribution in [3.63, 3.8) is 0 Å². The first-order valence-corrected chi connectivity index (χ1v) is 6.22. The zero-order valence-electron chi connectivity index (χ0n) is 11.3. The van der Waals surface area contributed by atoms with Gasteiger partial charge in [0.1, 0.15) is 11.7 Å². The van der Waals surface area contributed by atoms with Crippen molar-refractivity contribution in [2.45, 2.75) is 26.3 Å². The summed E-state index contributed by atoms with van der Waals surface area (Å²) in [6, 6.07) is 5.25. The van der Waals surface area contributed by atoms with Gasteiger partial charge >= 0.3 is 0 Å². The van der Waals surface area contributed by atoms with Gasteiger partial charge in [0.05, 0.1) is 16.6 Å². The van der Waals surface area contributed by atoms with Crippen LogP contribution in [0.3, 0.4) is 0 Å². The van der Waals surface area contributed by atoms with Crippen LogP contribution in [0.15, 0.2) is 18.2 Å². The van der Waals surface area contributed by atoms with E-state index in [2.05, 4.69) is 10.6 Å². The van der Waals surface area contributed by atoms with Crippen molar-refractivity contribution in [3.8, 4) is 6.07 Å². The molecule has 7 heteroatoms. The third kappa shape index (κ3) is 3.95. The van der Waals surface area contributed by atoms with E-state index in [1.807, 2.05) is 13.0 Å². The van der Waals surface area contributed by atoms with Crippen LogP contribution in [-0.2, 0) is 4.79 Å². The van der Waals surface area contributed by atoms with Gasteiger partial charge in [-0.2, -0.15) is 5.26 Å². The second kappa shape index (κ2) is 7.09. The highest BCUT2D eigenvalue weighted by molar-refractivity contribution is 5.85. The van der Waals surface area contributed by atoms with Gasteiger partial charge in [0.2, 0.25) is 5.91 Å². The maximum absolute atomic E-state index is 11.7. The minimum absolute atomic E-state index is 0.160. The molecule has 0 aromatic heterocycles. The Kier molecular flexibility index (Phi) is 5.47. The van der Waals surface area contributed by atoms with Gasteiger partial charge in [-0.3, -0.25) is 14.9 Å². The minimum Gasteiger partial charge on any atom is -0.368 e. The maximum Gasteiger partial charge on any atom is 0.292 e. The molecular formula is C13H16N4O3. The molecule has 0 fully saturated rings. The Bertz CT molecular complexity index is 551. The van der Waals surface area contributed by atoms with Crippen molar-refractivity contribution in [1.82, 2.24) is 5.32 Å². The summed E-state index contributed by atoms with van der Waals surface area (Å²) >= 11 is 0.